The lowest BCUT2D eigenvalue weighted by Crippen LogP contribution is -2.06. The Balaban J connectivity index is 2.19. The lowest BCUT2D eigenvalue weighted by atomic mass is 9.95. The molecule has 1 aliphatic heterocycles. The van der Waals surface area contributed by atoms with Gasteiger partial charge in [-0.2, -0.15) is 0 Å². The molecule has 2 aromatic carbocycles. The van der Waals surface area contributed by atoms with Crippen LogP contribution in [0, 0.1) is 0 Å². The van der Waals surface area contributed by atoms with Gasteiger partial charge in [0.05, 0.1) is 12.3 Å². The smallest absolute Gasteiger partial charge is 0.212 e. The lowest BCUT2D eigenvalue weighted by molar-refractivity contribution is 0.223. The van der Waals surface area contributed by atoms with Crippen molar-refractivity contribution < 1.29 is 4.74 Å². The van der Waals surface area contributed by atoms with Crippen molar-refractivity contribution >= 4 is 5.71 Å². The lowest BCUT2D eigenvalue weighted by Gasteiger charge is -2.09. The third-order valence-corrected chi connectivity index (χ3v) is 3.63. The Labute approximate surface area is 125 Å². The minimum atomic E-state index is 0.634. The number of hydrogen-bond donors (Lipinski definition) is 0. The Kier molecular flexibility index (Phi) is 3.87. The maximum absolute atomic E-state index is 5.75. The van der Waals surface area contributed by atoms with E-state index >= 15 is 0 Å². The largest absolute Gasteiger partial charge is 0.478 e. The highest BCUT2D eigenvalue weighted by Gasteiger charge is 2.18. The van der Waals surface area contributed by atoms with Crippen molar-refractivity contribution in [2.45, 2.75) is 20.3 Å². The van der Waals surface area contributed by atoms with E-state index in [0.717, 1.165) is 23.6 Å². The second-order valence-electron chi connectivity index (χ2n) is 5.18. The highest BCUT2D eigenvalue weighted by molar-refractivity contribution is 6.14. The molecule has 0 N–H and O–H groups in total. The Hall–Kier alpha value is -2.35. The van der Waals surface area contributed by atoms with Crippen LogP contribution in [0.5, 0.6) is 0 Å². The maximum Gasteiger partial charge on any atom is 0.212 e. The first kappa shape index (κ1) is 13.6. The molecule has 0 aliphatic carbocycles. The van der Waals surface area contributed by atoms with Gasteiger partial charge in [-0.25, -0.2) is 4.99 Å². The standard InChI is InChI=1S/C19H19NO/c1-3-21-19-14(2)13-16-11-7-8-12-17(16)18(20-19)15-9-5-4-6-10-15/h4-12H,3,13H2,1-2H3. The molecule has 0 spiro atoms. The summed E-state index contributed by atoms with van der Waals surface area (Å²) < 4.78 is 5.75. The normalized spacial score (nSPS) is 14.3. The van der Waals surface area contributed by atoms with Gasteiger partial charge >= 0.3 is 0 Å². The fourth-order valence-corrected chi connectivity index (χ4v) is 2.63. The molecule has 2 nitrogen and oxygen atoms in total. The first-order valence-corrected chi connectivity index (χ1v) is 7.34. The molecular weight excluding hydrogens is 258 g/mol. The molecule has 1 heterocycles. The molecule has 0 amide bonds. The summed E-state index contributed by atoms with van der Waals surface area (Å²) >= 11 is 0. The van der Waals surface area contributed by atoms with Gasteiger partial charge in [0.25, 0.3) is 0 Å². The zero-order valence-electron chi connectivity index (χ0n) is 12.5. The number of fused-ring (bicyclic) bond motifs is 1. The van der Waals surface area contributed by atoms with Gasteiger partial charge in [0.1, 0.15) is 0 Å². The second-order valence-corrected chi connectivity index (χ2v) is 5.18. The van der Waals surface area contributed by atoms with Crippen LogP contribution in [0.2, 0.25) is 0 Å². The van der Waals surface area contributed by atoms with Crippen molar-refractivity contribution in [2.75, 3.05) is 6.61 Å². The van der Waals surface area contributed by atoms with Crippen molar-refractivity contribution in [1.82, 2.24) is 0 Å². The van der Waals surface area contributed by atoms with Crippen molar-refractivity contribution in [1.29, 1.82) is 0 Å². The number of ether oxygens (including phenoxy) is 1. The van der Waals surface area contributed by atoms with Gasteiger partial charge in [0.2, 0.25) is 5.88 Å². The van der Waals surface area contributed by atoms with Gasteiger partial charge in [0.15, 0.2) is 0 Å². The molecule has 2 aromatic rings. The highest BCUT2D eigenvalue weighted by Crippen LogP contribution is 2.25. The molecule has 0 fully saturated rings. The predicted octanol–water partition coefficient (Wildman–Crippen LogP) is 4.35. The van der Waals surface area contributed by atoms with E-state index in [4.69, 9.17) is 9.73 Å². The van der Waals surface area contributed by atoms with Gasteiger partial charge in [0, 0.05) is 11.1 Å². The molecule has 21 heavy (non-hydrogen) atoms. The third-order valence-electron chi connectivity index (χ3n) is 3.63. The summed E-state index contributed by atoms with van der Waals surface area (Å²) in [6.45, 7) is 4.73. The zero-order valence-corrected chi connectivity index (χ0v) is 12.5. The van der Waals surface area contributed by atoms with E-state index in [1.54, 1.807) is 0 Å². The molecule has 2 heteroatoms. The summed E-state index contributed by atoms with van der Waals surface area (Å²) in [6.07, 6.45) is 0.880. The van der Waals surface area contributed by atoms with Crippen molar-refractivity contribution in [3.05, 3.63) is 82.7 Å². The molecule has 1 aliphatic rings. The summed E-state index contributed by atoms with van der Waals surface area (Å²) in [4.78, 5) is 4.83. The molecule has 0 saturated carbocycles. The summed E-state index contributed by atoms with van der Waals surface area (Å²) in [7, 11) is 0. The topological polar surface area (TPSA) is 21.6 Å². The number of benzene rings is 2. The van der Waals surface area contributed by atoms with Gasteiger partial charge < -0.3 is 4.74 Å². The maximum atomic E-state index is 5.75. The SMILES string of the molecule is CCOC1=C(C)Cc2ccccc2C(c2ccccc2)=N1. The molecular formula is C19H19NO. The minimum Gasteiger partial charge on any atom is -0.478 e. The number of rotatable bonds is 3. The van der Waals surface area contributed by atoms with Gasteiger partial charge in [-0.05, 0) is 31.4 Å². The first-order valence-electron chi connectivity index (χ1n) is 7.34. The zero-order chi connectivity index (χ0) is 14.7. The van der Waals surface area contributed by atoms with Crippen LogP contribution in [0.3, 0.4) is 0 Å². The highest BCUT2D eigenvalue weighted by atomic mass is 16.5. The molecule has 0 radical (unpaired) electrons. The molecule has 0 unspecified atom stereocenters. The fraction of sp³-hybridized carbons (Fsp3) is 0.211. The average molecular weight is 277 g/mol. The average Bonchev–Trinajstić information content (AvgIpc) is 2.66. The number of hydrogen-bond acceptors (Lipinski definition) is 2. The Bertz CT molecular complexity index is 699. The summed E-state index contributed by atoms with van der Waals surface area (Å²) in [6, 6.07) is 18.8. The minimum absolute atomic E-state index is 0.634. The number of aliphatic imine (C=N–C) groups is 1. The number of allylic oxidation sites excluding steroid dienone is 1. The van der Waals surface area contributed by atoms with Gasteiger partial charge in [-0.15, -0.1) is 0 Å². The van der Waals surface area contributed by atoms with E-state index in [1.165, 1.54) is 16.7 Å². The van der Waals surface area contributed by atoms with Crippen LogP contribution in [0.15, 0.2) is 71.0 Å². The van der Waals surface area contributed by atoms with Crippen LogP contribution in [0.1, 0.15) is 30.5 Å². The van der Waals surface area contributed by atoms with Crippen LogP contribution >= 0.6 is 0 Å². The van der Waals surface area contributed by atoms with E-state index in [2.05, 4.69) is 43.3 Å². The van der Waals surface area contributed by atoms with Crippen LogP contribution in [-0.2, 0) is 11.2 Å². The van der Waals surface area contributed by atoms with Crippen LogP contribution in [-0.4, -0.2) is 12.3 Å². The fourth-order valence-electron chi connectivity index (χ4n) is 2.63. The molecule has 0 aromatic heterocycles. The van der Waals surface area contributed by atoms with E-state index < -0.39 is 0 Å². The Morgan fingerprint density at radius 2 is 1.71 bits per heavy atom. The molecule has 0 saturated heterocycles. The number of nitrogens with zero attached hydrogens (tertiary/aromatic N) is 1. The first-order chi connectivity index (χ1) is 10.3. The Morgan fingerprint density at radius 3 is 2.48 bits per heavy atom. The summed E-state index contributed by atoms with van der Waals surface area (Å²) in [5.74, 6) is 0.757. The van der Waals surface area contributed by atoms with Crippen LogP contribution < -0.4 is 0 Å². The predicted molar refractivity (Wildman–Crippen MR) is 86.6 cm³/mol. The van der Waals surface area contributed by atoms with Crippen molar-refractivity contribution in [3.63, 3.8) is 0 Å². The molecule has 0 bridgehead atoms. The van der Waals surface area contributed by atoms with E-state index in [1.807, 2.05) is 25.1 Å². The Morgan fingerprint density at radius 1 is 1.00 bits per heavy atom. The quantitative estimate of drug-likeness (QED) is 0.817. The van der Waals surface area contributed by atoms with Crippen LogP contribution in [0.4, 0.5) is 0 Å². The summed E-state index contributed by atoms with van der Waals surface area (Å²) in [5, 5.41) is 0. The molecule has 3 rings (SSSR count). The van der Waals surface area contributed by atoms with Gasteiger partial charge in [-0.3, -0.25) is 0 Å². The van der Waals surface area contributed by atoms with E-state index in [9.17, 15) is 0 Å². The second kappa shape index (κ2) is 5.96. The third kappa shape index (κ3) is 2.75. The van der Waals surface area contributed by atoms with Crippen molar-refractivity contribution in [2.24, 2.45) is 4.99 Å². The van der Waals surface area contributed by atoms with Crippen LogP contribution in [0.25, 0.3) is 0 Å². The van der Waals surface area contributed by atoms with Gasteiger partial charge in [-0.1, -0.05) is 54.6 Å². The van der Waals surface area contributed by atoms with E-state index in [0.29, 0.717) is 6.61 Å². The summed E-state index contributed by atoms with van der Waals surface area (Å²) in [5.41, 5.74) is 5.78. The monoisotopic (exact) mass is 277 g/mol. The van der Waals surface area contributed by atoms with E-state index in [-0.39, 0.29) is 0 Å². The van der Waals surface area contributed by atoms with Crippen molar-refractivity contribution in [3.8, 4) is 0 Å². The molecule has 106 valence electrons. The molecule has 0 atom stereocenters.